The highest BCUT2D eigenvalue weighted by Crippen LogP contribution is 2.26. The van der Waals surface area contributed by atoms with Gasteiger partial charge in [0, 0.05) is 17.1 Å². The normalized spacial score (nSPS) is 12.8. The molecule has 0 aliphatic carbocycles. The van der Waals surface area contributed by atoms with E-state index in [-0.39, 0.29) is 11.8 Å². The van der Waals surface area contributed by atoms with Crippen LogP contribution >= 0.6 is 11.6 Å². The van der Waals surface area contributed by atoms with E-state index < -0.39 is 0 Å². The minimum Gasteiger partial charge on any atom is -0.492 e. The lowest BCUT2D eigenvalue weighted by Gasteiger charge is -2.17. The minimum atomic E-state index is -0.193. The van der Waals surface area contributed by atoms with Crippen LogP contribution in [0.15, 0.2) is 48.7 Å². The van der Waals surface area contributed by atoms with Gasteiger partial charge in [-0.2, -0.15) is 5.10 Å². The number of carbonyl (C=O) groups excluding carboxylic acids is 2. The fourth-order valence-corrected chi connectivity index (χ4v) is 3.80. The molecule has 160 valence electrons. The number of aryl methyl sites for hydroxylation is 1. The Kier molecular flexibility index (Phi) is 6.23. The highest BCUT2D eigenvalue weighted by Gasteiger charge is 2.18. The van der Waals surface area contributed by atoms with Gasteiger partial charge in [-0.25, -0.2) is 4.68 Å². The Morgan fingerprint density at radius 1 is 1.26 bits per heavy atom. The third kappa shape index (κ3) is 4.72. The summed E-state index contributed by atoms with van der Waals surface area (Å²) >= 11 is 6.09. The van der Waals surface area contributed by atoms with E-state index in [0.29, 0.717) is 48.7 Å². The molecule has 31 heavy (non-hydrogen) atoms. The van der Waals surface area contributed by atoms with E-state index in [1.165, 1.54) is 0 Å². The van der Waals surface area contributed by atoms with Crippen LogP contribution in [0.3, 0.4) is 0 Å². The van der Waals surface area contributed by atoms with Gasteiger partial charge < -0.3 is 15.4 Å². The summed E-state index contributed by atoms with van der Waals surface area (Å²) in [4.78, 5) is 24.1. The molecule has 2 amide bonds. The van der Waals surface area contributed by atoms with E-state index in [1.54, 1.807) is 16.9 Å². The van der Waals surface area contributed by atoms with Gasteiger partial charge >= 0.3 is 0 Å². The van der Waals surface area contributed by atoms with Crippen LogP contribution < -0.4 is 15.4 Å². The summed E-state index contributed by atoms with van der Waals surface area (Å²) in [5, 5.41) is 10.7. The van der Waals surface area contributed by atoms with Crippen LogP contribution in [0.4, 0.5) is 5.69 Å². The van der Waals surface area contributed by atoms with Crippen molar-refractivity contribution in [3.63, 3.8) is 0 Å². The van der Waals surface area contributed by atoms with Crippen molar-refractivity contribution in [1.29, 1.82) is 0 Å². The number of halogens is 1. The van der Waals surface area contributed by atoms with Crippen LogP contribution in [0.1, 0.15) is 35.0 Å². The summed E-state index contributed by atoms with van der Waals surface area (Å²) in [6, 6.07) is 13.0. The minimum absolute atomic E-state index is 0.0361. The lowest BCUT2D eigenvalue weighted by Crippen LogP contribution is -2.28. The van der Waals surface area contributed by atoms with Crippen molar-refractivity contribution >= 4 is 29.1 Å². The first-order chi connectivity index (χ1) is 15.0. The molecule has 0 saturated heterocycles. The van der Waals surface area contributed by atoms with Crippen molar-refractivity contribution in [3.8, 4) is 11.4 Å². The van der Waals surface area contributed by atoms with Crippen molar-refractivity contribution < 1.29 is 14.3 Å². The molecule has 0 spiro atoms. The van der Waals surface area contributed by atoms with Crippen LogP contribution in [0.2, 0.25) is 5.02 Å². The van der Waals surface area contributed by atoms with Gasteiger partial charge in [-0.3, -0.25) is 9.59 Å². The molecule has 1 aliphatic heterocycles. The molecule has 2 aromatic carbocycles. The van der Waals surface area contributed by atoms with E-state index in [2.05, 4.69) is 15.7 Å². The molecule has 1 aliphatic rings. The summed E-state index contributed by atoms with van der Waals surface area (Å²) in [6.07, 6.45) is 3.41. The first-order valence-corrected chi connectivity index (χ1v) is 10.6. The second-order valence-corrected chi connectivity index (χ2v) is 7.66. The fourth-order valence-electron chi connectivity index (χ4n) is 3.61. The largest absolute Gasteiger partial charge is 0.492 e. The average Bonchev–Trinajstić information content (AvgIpc) is 3.21. The quantitative estimate of drug-likeness (QED) is 0.550. The van der Waals surface area contributed by atoms with Gasteiger partial charge in [0.25, 0.3) is 5.91 Å². The Hall–Kier alpha value is -3.32. The van der Waals surface area contributed by atoms with Gasteiger partial charge in [0.1, 0.15) is 12.4 Å². The molecule has 7 nitrogen and oxygen atoms in total. The number of fused-ring (bicyclic) bond motifs is 1. The molecule has 2 heterocycles. The molecule has 0 bridgehead atoms. The molecule has 2 N–H and O–H groups in total. The van der Waals surface area contributed by atoms with Gasteiger partial charge in [-0.15, -0.1) is 0 Å². The van der Waals surface area contributed by atoms with E-state index in [9.17, 15) is 9.59 Å². The number of nitrogens with zero attached hydrogens (tertiary/aromatic N) is 2. The Bertz CT molecular complexity index is 1130. The first kappa shape index (κ1) is 20.9. The van der Waals surface area contributed by atoms with Crippen molar-refractivity contribution in [2.75, 3.05) is 18.5 Å². The predicted octanol–water partition coefficient (Wildman–Crippen LogP) is 3.78. The summed E-state index contributed by atoms with van der Waals surface area (Å²) in [6.45, 7) is 2.68. The number of amides is 2. The van der Waals surface area contributed by atoms with Gasteiger partial charge in [0.15, 0.2) is 0 Å². The van der Waals surface area contributed by atoms with E-state index in [0.717, 1.165) is 22.6 Å². The summed E-state index contributed by atoms with van der Waals surface area (Å²) < 4.78 is 7.51. The Morgan fingerprint density at radius 3 is 2.94 bits per heavy atom. The monoisotopic (exact) mass is 438 g/mol. The van der Waals surface area contributed by atoms with Crippen molar-refractivity contribution in [1.82, 2.24) is 15.1 Å². The number of nitrogens with one attached hydrogen (secondary N) is 2. The van der Waals surface area contributed by atoms with Crippen molar-refractivity contribution in [3.05, 3.63) is 70.5 Å². The number of hydrogen-bond donors (Lipinski definition) is 2. The average molecular weight is 439 g/mol. The highest BCUT2D eigenvalue weighted by atomic mass is 35.5. The lowest BCUT2D eigenvalue weighted by molar-refractivity contribution is -0.116. The number of benzene rings is 2. The molecule has 0 fully saturated rings. The topological polar surface area (TPSA) is 85.2 Å². The SMILES string of the molecule is CCc1c(C(=O)NCCOc2ccc3c(c2)CCC(=O)N3)cnn1-c1cccc(Cl)c1. The smallest absolute Gasteiger partial charge is 0.254 e. The molecule has 0 unspecified atom stereocenters. The molecule has 3 aromatic rings. The van der Waals surface area contributed by atoms with Gasteiger partial charge in [-0.1, -0.05) is 24.6 Å². The van der Waals surface area contributed by atoms with E-state index >= 15 is 0 Å². The molecule has 4 rings (SSSR count). The van der Waals surface area contributed by atoms with Crippen molar-refractivity contribution in [2.24, 2.45) is 0 Å². The zero-order valence-corrected chi connectivity index (χ0v) is 17.9. The highest BCUT2D eigenvalue weighted by molar-refractivity contribution is 6.30. The third-order valence-electron chi connectivity index (χ3n) is 5.13. The van der Waals surface area contributed by atoms with Crippen LogP contribution in [-0.4, -0.2) is 34.7 Å². The van der Waals surface area contributed by atoms with Crippen molar-refractivity contribution in [2.45, 2.75) is 26.2 Å². The van der Waals surface area contributed by atoms with Gasteiger partial charge in [0.2, 0.25) is 5.91 Å². The summed E-state index contributed by atoms with van der Waals surface area (Å²) in [5.74, 6) is 0.558. The van der Waals surface area contributed by atoms with E-state index in [4.69, 9.17) is 16.3 Å². The number of anilines is 1. The lowest BCUT2D eigenvalue weighted by atomic mass is 10.0. The molecule has 1 aromatic heterocycles. The molecule has 0 radical (unpaired) electrons. The predicted molar refractivity (Wildman–Crippen MR) is 119 cm³/mol. The molecule has 8 heteroatoms. The Balaban J connectivity index is 1.35. The van der Waals surface area contributed by atoms with Crippen LogP contribution in [-0.2, 0) is 17.6 Å². The zero-order chi connectivity index (χ0) is 21.8. The maximum absolute atomic E-state index is 12.7. The van der Waals surface area contributed by atoms with Crippen LogP contribution in [0, 0.1) is 0 Å². The number of carbonyl (C=O) groups is 2. The number of hydrogen-bond acceptors (Lipinski definition) is 4. The Morgan fingerprint density at radius 2 is 2.13 bits per heavy atom. The third-order valence-corrected chi connectivity index (χ3v) is 5.36. The molecule has 0 atom stereocenters. The van der Waals surface area contributed by atoms with Crippen LogP contribution in [0.25, 0.3) is 5.69 Å². The number of ether oxygens (including phenoxy) is 1. The fraction of sp³-hybridized carbons (Fsp3) is 0.261. The van der Waals surface area contributed by atoms with Gasteiger partial charge in [0.05, 0.1) is 29.7 Å². The Labute approximate surface area is 185 Å². The second-order valence-electron chi connectivity index (χ2n) is 7.22. The maximum atomic E-state index is 12.7. The summed E-state index contributed by atoms with van der Waals surface area (Å²) in [5.41, 5.74) is 4.06. The second kappa shape index (κ2) is 9.22. The molecular formula is C23H23ClN4O3. The van der Waals surface area contributed by atoms with Gasteiger partial charge in [-0.05, 0) is 54.8 Å². The van der Waals surface area contributed by atoms with Crippen LogP contribution in [0.5, 0.6) is 5.75 Å². The summed E-state index contributed by atoms with van der Waals surface area (Å²) in [7, 11) is 0. The number of aromatic nitrogens is 2. The number of rotatable bonds is 7. The molecule has 0 saturated carbocycles. The zero-order valence-electron chi connectivity index (χ0n) is 17.2. The molecular weight excluding hydrogens is 416 g/mol. The van der Waals surface area contributed by atoms with E-state index in [1.807, 2.05) is 43.3 Å². The standard InChI is InChI=1S/C23H23ClN4O3/c1-2-21-19(14-26-28(21)17-5-3-4-16(24)13-17)23(30)25-10-11-31-18-7-8-20-15(12-18)6-9-22(29)27-20/h3-5,7-8,12-14H,2,6,9-11H2,1H3,(H,25,30)(H,27,29). The first-order valence-electron chi connectivity index (χ1n) is 10.2. The maximum Gasteiger partial charge on any atom is 0.254 e.